The fraction of sp³-hybridized carbons (Fsp3) is 0.0227. The van der Waals surface area contributed by atoms with Crippen LogP contribution < -0.4 is 0 Å². The van der Waals surface area contributed by atoms with Crippen molar-refractivity contribution in [2.45, 2.75) is 5.41 Å². The Morgan fingerprint density at radius 2 is 1.11 bits per heavy atom. The lowest BCUT2D eigenvalue weighted by molar-refractivity contribution is 0.749. The van der Waals surface area contributed by atoms with Crippen molar-refractivity contribution in [3.8, 4) is 45.1 Å². The second kappa shape index (κ2) is 9.17. The summed E-state index contributed by atoms with van der Waals surface area (Å²) in [7, 11) is 0. The Bertz CT molecular complexity index is 2610. The van der Waals surface area contributed by atoms with Crippen LogP contribution in [0.15, 0.2) is 158 Å². The minimum Gasteiger partial charge on any atom is -0.309 e. The molecule has 1 aromatic heterocycles. The molecule has 1 aliphatic carbocycles. The first-order valence-electron chi connectivity index (χ1n) is 15.8. The number of para-hydroxylation sites is 3. The van der Waals surface area contributed by atoms with Gasteiger partial charge in [0.2, 0.25) is 0 Å². The van der Waals surface area contributed by atoms with E-state index in [1.54, 1.807) is 0 Å². The van der Waals surface area contributed by atoms with Crippen LogP contribution in [-0.2, 0) is 5.41 Å². The van der Waals surface area contributed by atoms with Gasteiger partial charge in [-0.1, -0.05) is 127 Å². The summed E-state index contributed by atoms with van der Waals surface area (Å²) in [6.45, 7) is 0. The van der Waals surface area contributed by atoms with Gasteiger partial charge in [-0.2, -0.15) is 5.26 Å². The molecule has 2 aliphatic rings. The van der Waals surface area contributed by atoms with E-state index < -0.39 is 5.41 Å². The van der Waals surface area contributed by atoms with Gasteiger partial charge < -0.3 is 4.57 Å². The van der Waals surface area contributed by atoms with Gasteiger partial charge in [-0.05, 0) is 86.0 Å². The molecule has 0 bridgehead atoms. The average Bonchev–Trinajstić information content (AvgIpc) is 3.62. The number of hydrogen-bond acceptors (Lipinski definition) is 1. The second-order valence-electron chi connectivity index (χ2n) is 12.4. The lowest BCUT2D eigenvalue weighted by atomic mass is 9.65. The summed E-state index contributed by atoms with van der Waals surface area (Å²) in [5.41, 5.74) is 16.1. The Labute approximate surface area is 267 Å². The van der Waals surface area contributed by atoms with Gasteiger partial charge in [0.1, 0.15) is 0 Å². The van der Waals surface area contributed by atoms with Crippen LogP contribution in [-0.4, -0.2) is 4.57 Å². The van der Waals surface area contributed by atoms with Crippen molar-refractivity contribution in [2.75, 3.05) is 0 Å². The van der Waals surface area contributed by atoms with Crippen LogP contribution in [0.25, 0.3) is 60.9 Å². The molecule has 1 spiro atoms. The first-order valence-corrected chi connectivity index (χ1v) is 15.8. The molecular formula is C44H26N2. The van der Waals surface area contributed by atoms with Gasteiger partial charge >= 0.3 is 0 Å². The van der Waals surface area contributed by atoms with Crippen LogP contribution in [0.3, 0.4) is 0 Å². The highest BCUT2D eigenvalue weighted by atomic mass is 15.0. The summed E-state index contributed by atoms with van der Waals surface area (Å²) in [5.74, 6) is 0. The summed E-state index contributed by atoms with van der Waals surface area (Å²) >= 11 is 0. The number of fused-ring (bicyclic) bond motifs is 12. The molecule has 1 aliphatic heterocycles. The van der Waals surface area contributed by atoms with Crippen LogP contribution in [0, 0.1) is 11.3 Å². The van der Waals surface area contributed by atoms with Crippen LogP contribution in [0.2, 0.25) is 0 Å². The molecular weight excluding hydrogens is 556 g/mol. The second-order valence-corrected chi connectivity index (χ2v) is 12.4. The van der Waals surface area contributed by atoms with Crippen molar-refractivity contribution in [2.24, 2.45) is 0 Å². The third-order valence-corrected chi connectivity index (χ3v) is 10.2. The van der Waals surface area contributed by atoms with Crippen LogP contribution in [0.4, 0.5) is 0 Å². The smallest absolute Gasteiger partial charge is 0.0998 e. The Kier molecular flexibility index (Phi) is 5.02. The highest BCUT2D eigenvalue weighted by Gasteiger charge is 2.50. The van der Waals surface area contributed by atoms with Gasteiger partial charge in [0.05, 0.1) is 33.8 Å². The van der Waals surface area contributed by atoms with Gasteiger partial charge in [0.25, 0.3) is 0 Å². The molecule has 0 fully saturated rings. The largest absolute Gasteiger partial charge is 0.309 e. The molecule has 10 rings (SSSR count). The fourth-order valence-electron chi connectivity index (χ4n) is 8.44. The summed E-state index contributed by atoms with van der Waals surface area (Å²) in [5, 5.41) is 12.4. The van der Waals surface area contributed by atoms with E-state index in [9.17, 15) is 5.26 Å². The average molecular weight is 583 g/mol. The van der Waals surface area contributed by atoms with E-state index >= 15 is 0 Å². The van der Waals surface area contributed by atoms with E-state index in [0.29, 0.717) is 5.56 Å². The lowest BCUT2D eigenvalue weighted by Crippen LogP contribution is -2.33. The molecule has 0 N–H and O–H groups in total. The van der Waals surface area contributed by atoms with Crippen molar-refractivity contribution in [3.63, 3.8) is 0 Å². The third kappa shape index (κ3) is 3.09. The maximum absolute atomic E-state index is 9.81. The molecule has 212 valence electrons. The van der Waals surface area contributed by atoms with E-state index in [2.05, 4.69) is 144 Å². The molecule has 2 nitrogen and oxygen atoms in total. The fourth-order valence-corrected chi connectivity index (χ4v) is 8.44. The van der Waals surface area contributed by atoms with Gasteiger partial charge in [-0.3, -0.25) is 0 Å². The quantitative estimate of drug-likeness (QED) is 0.199. The molecule has 1 unspecified atom stereocenters. The minimum absolute atomic E-state index is 0.479. The molecule has 0 amide bonds. The van der Waals surface area contributed by atoms with E-state index in [4.69, 9.17) is 0 Å². The van der Waals surface area contributed by atoms with Crippen molar-refractivity contribution in [1.82, 2.24) is 4.57 Å². The van der Waals surface area contributed by atoms with Gasteiger partial charge in [0.15, 0.2) is 0 Å². The zero-order valence-electron chi connectivity index (χ0n) is 24.9. The molecule has 0 saturated heterocycles. The highest BCUT2D eigenvalue weighted by Crippen LogP contribution is 2.61. The van der Waals surface area contributed by atoms with Crippen molar-refractivity contribution < 1.29 is 0 Å². The molecule has 7 aromatic carbocycles. The first-order chi connectivity index (χ1) is 22.8. The van der Waals surface area contributed by atoms with Crippen LogP contribution >= 0.6 is 0 Å². The van der Waals surface area contributed by atoms with E-state index in [1.165, 1.54) is 60.9 Å². The standard InChI is InChI=1S/C44H26N2/c45-27-31-11-1-2-14-32(31)30-13-9-12-28(25-30)29-23-24-34-33-15-3-5-18-37(33)44(40(34)26-29)38-19-6-8-22-42(38)46-41-21-7-4-16-35(41)36-17-10-20-39(44)43(36)46/h1-26H. The Morgan fingerprint density at radius 1 is 0.457 bits per heavy atom. The monoisotopic (exact) mass is 582 g/mol. The topological polar surface area (TPSA) is 28.7 Å². The molecule has 2 heteroatoms. The number of hydrogen-bond donors (Lipinski definition) is 0. The van der Waals surface area contributed by atoms with Crippen molar-refractivity contribution >= 4 is 21.8 Å². The SMILES string of the molecule is N#Cc1ccccc1-c1cccc(-c2ccc3c(c2)C2(c4ccccc4-3)c3ccccc3-n3c4ccccc4c4cccc2c43)c1. The summed E-state index contributed by atoms with van der Waals surface area (Å²) in [6.07, 6.45) is 0. The molecule has 1 atom stereocenters. The zero-order chi connectivity index (χ0) is 30.4. The maximum Gasteiger partial charge on any atom is 0.0998 e. The summed E-state index contributed by atoms with van der Waals surface area (Å²) in [4.78, 5) is 0. The van der Waals surface area contributed by atoms with E-state index in [-0.39, 0.29) is 0 Å². The Morgan fingerprint density at radius 3 is 2.02 bits per heavy atom. The maximum atomic E-state index is 9.81. The number of aromatic nitrogens is 1. The molecule has 8 aromatic rings. The third-order valence-electron chi connectivity index (χ3n) is 10.2. The molecule has 2 heterocycles. The summed E-state index contributed by atoms with van der Waals surface area (Å²) in [6, 6.07) is 59.5. The molecule has 0 radical (unpaired) electrons. The van der Waals surface area contributed by atoms with E-state index in [0.717, 1.165) is 22.3 Å². The predicted octanol–water partition coefficient (Wildman–Crippen LogP) is 10.7. The van der Waals surface area contributed by atoms with Gasteiger partial charge in [-0.25, -0.2) is 0 Å². The number of nitriles is 1. The Balaban J connectivity index is 1.30. The highest BCUT2D eigenvalue weighted by molar-refractivity contribution is 6.12. The molecule has 0 saturated carbocycles. The Hall–Kier alpha value is -6.17. The first kappa shape index (κ1) is 25.2. The number of nitrogens with zero attached hydrogens (tertiary/aromatic N) is 2. The van der Waals surface area contributed by atoms with Crippen LogP contribution in [0.5, 0.6) is 0 Å². The van der Waals surface area contributed by atoms with Crippen LogP contribution in [0.1, 0.15) is 27.8 Å². The van der Waals surface area contributed by atoms with Crippen molar-refractivity contribution in [3.05, 3.63) is 186 Å². The zero-order valence-corrected chi connectivity index (χ0v) is 24.9. The normalized spacial score (nSPS) is 15.5. The van der Waals surface area contributed by atoms with E-state index in [1.807, 2.05) is 24.3 Å². The number of benzene rings is 7. The van der Waals surface area contributed by atoms with Crippen molar-refractivity contribution in [1.29, 1.82) is 5.26 Å². The minimum atomic E-state index is -0.479. The number of rotatable bonds is 2. The van der Waals surface area contributed by atoms with Gasteiger partial charge in [0, 0.05) is 10.8 Å². The predicted molar refractivity (Wildman–Crippen MR) is 187 cm³/mol. The van der Waals surface area contributed by atoms with Gasteiger partial charge in [-0.15, -0.1) is 0 Å². The summed E-state index contributed by atoms with van der Waals surface area (Å²) < 4.78 is 2.49. The lowest BCUT2D eigenvalue weighted by Gasteiger charge is -2.39. The molecule has 46 heavy (non-hydrogen) atoms.